The number of carbonyl (C=O) groups excluding carboxylic acids is 3. The van der Waals surface area contributed by atoms with E-state index in [2.05, 4.69) is 30.6 Å². The van der Waals surface area contributed by atoms with Gasteiger partial charge in [0.1, 0.15) is 12.2 Å². The molecular weight excluding hydrogens is 721 g/mol. The smallest absolute Gasteiger partial charge is 0.321 e. The number of nitrogens with one attached hydrogen (secondary N) is 4. The molecule has 1 aliphatic heterocycles. The maximum absolute atomic E-state index is 15.0. The van der Waals surface area contributed by atoms with Crippen molar-refractivity contribution in [3.63, 3.8) is 0 Å². The quantitative estimate of drug-likeness (QED) is 0.0872. The Labute approximate surface area is 328 Å². The summed E-state index contributed by atoms with van der Waals surface area (Å²) in [5, 5.41) is 29.3. The number of hydrogen-bond acceptors (Lipinski definition) is 7. The number of amides is 4. The maximum Gasteiger partial charge on any atom is 0.321 e. The SMILES string of the molecule is CC[C@@H]1[C@H](O)[C@@H](O)[C@@H](Cc2ccccc2)N(Cc2cccc(C(=O)Nc3nc4ccccc4[nH]3)c2)C(=O)N1Cc1cccc(C(=O)Nc2nc3ccccc3[nH]2)c1. The first-order valence-corrected chi connectivity index (χ1v) is 18.9. The molecule has 7 aromatic rings. The number of anilines is 2. The van der Waals surface area contributed by atoms with Gasteiger partial charge in [0.25, 0.3) is 11.8 Å². The molecule has 13 heteroatoms. The lowest BCUT2D eigenvalue weighted by Gasteiger charge is -2.35. The number of urea groups is 1. The number of carbonyl (C=O) groups is 3. The Bertz CT molecular complexity index is 2490. The van der Waals surface area contributed by atoms with Crippen molar-refractivity contribution in [1.29, 1.82) is 0 Å². The minimum Gasteiger partial charge on any atom is -0.388 e. The van der Waals surface area contributed by atoms with Gasteiger partial charge < -0.3 is 30.0 Å². The number of hydrogen-bond donors (Lipinski definition) is 6. The van der Waals surface area contributed by atoms with Gasteiger partial charge in [0.2, 0.25) is 11.9 Å². The van der Waals surface area contributed by atoms with E-state index in [0.29, 0.717) is 40.6 Å². The summed E-state index contributed by atoms with van der Waals surface area (Å²) in [6.07, 6.45) is -1.94. The predicted octanol–water partition coefficient (Wildman–Crippen LogP) is 6.49. The number of H-pyrrole nitrogens is 2. The van der Waals surface area contributed by atoms with Crippen molar-refractivity contribution < 1.29 is 24.6 Å². The molecule has 0 unspecified atom stereocenters. The number of aliphatic hydroxyl groups excluding tert-OH is 2. The molecule has 6 N–H and O–H groups in total. The first-order chi connectivity index (χ1) is 27.7. The molecule has 2 aromatic heterocycles. The highest BCUT2D eigenvalue weighted by Crippen LogP contribution is 2.30. The third-order valence-corrected chi connectivity index (χ3v) is 10.5. The summed E-state index contributed by atoms with van der Waals surface area (Å²) >= 11 is 0. The molecule has 3 heterocycles. The zero-order valence-electron chi connectivity index (χ0n) is 31.2. The number of fused-ring (bicyclic) bond motifs is 2. The molecule has 0 saturated carbocycles. The van der Waals surface area contributed by atoms with Gasteiger partial charge in [-0.3, -0.25) is 20.2 Å². The van der Waals surface area contributed by atoms with Crippen LogP contribution in [-0.4, -0.2) is 82.1 Å². The third-order valence-electron chi connectivity index (χ3n) is 10.5. The van der Waals surface area contributed by atoms with Crippen LogP contribution in [0.1, 0.15) is 50.8 Å². The fourth-order valence-electron chi connectivity index (χ4n) is 7.59. The molecule has 5 aromatic carbocycles. The van der Waals surface area contributed by atoms with E-state index < -0.39 is 30.3 Å². The zero-order chi connectivity index (χ0) is 39.5. The molecule has 13 nitrogen and oxygen atoms in total. The minimum atomic E-state index is -1.30. The molecule has 4 atom stereocenters. The number of aromatic nitrogens is 4. The molecule has 0 radical (unpaired) electrons. The topological polar surface area (TPSA) is 180 Å². The normalized spacial score (nSPS) is 18.5. The molecule has 8 rings (SSSR count). The first-order valence-electron chi connectivity index (χ1n) is 18.9. The standard InChI is InChI=1S/C44H42N8O5/c1-2-36-38(53)39(54)37(24-27-12-4-3-5-13-27)52(26-29-15-11-17-31(23-29)41(56)50-43-47-34-20-8-9-21-35(34)48-43)44(57)51(36)25-28-14-10-16-30(22-28)40(55)49-42-45-32-18-6-7-19-33(32)46-42/h3-23,36-39,53-54H,2,24-26H2,1H3,(H2,45,46,49,55)(H2,47,48,50,56)/t36-,37-,38+,39+/m1/s1. The molecule has 0 bridgehead atoms. The number of nitrogens with zero attached hydrogens (tertiary/aromatic N) is 4. The Balaban J connectivity index is 1.08. The van der Waals surface area contributed by atoms with Crippen LogP contribution in [0.3, 0.4) is 0 Å². The lowest BCUT2D eigenvalue weighted by Crippen LogP contribution is -2.50. The van der Waals surface area contributed by atoms with Gasteiger partial charge in [0, 0.05) is 24.2 Å². The Kier molecular flexibility index (Phi) is 10.5. The van der Waals surface area contributed by atoms with Crippen molar-refractivity contribution in [2.45, 2.75) is 57.1 Å². The van der Waals surface area contributed by atoms with Crippen molar-refractivity contribution in [1.82, 2.24) is 29.7 Å². The summed E-state index contributed by atoms with van der Waals surface area (Å²) in [6.45, 7) is 1.96. The Hall–Kier alpha value is -6.83. The summed E-state index contributed by atoms with van der Waals surface area (Å²) in [7, 11) is 0. The molecule has 288 valence electrons. The highest BCUT2D eigenvalue weighted by molar-refractivity contribution is 6.04. The summed E-state index contributed by atoms with van der Waals surface area (Å²) in [5.74, 6) is -0.138. The summed E-state index contributed by atoms with van der Waals surface area (Å²) in [6, 6.07) is 36.4. The van der Waals surface area contributed by atoms with E-state index in [0.717, 1.165) is 27.6 Å². The number of rotatable bonds is 11. The Morgan fingerprint density at radius 1 is 0.614 bits per heavy atom. The van der Waals surface area contributed by atoms with Gasteiger partial charge in [-0.2, -0.15) is 0 Å². The van der Waals surface area contributed by atoms with Crippen molar-refractivity contribution in [3.8, 4) is 0 Å². The second-order valence-corrected chi connectivity index (χ2v) is 14.3. The number of aliphatic hydroxyl groups is 2. The van der Waals surface area contributed by atoms with Crippen LogP contribution in [0.15, 0.2) is 127 Å². The number of benzene rings is 5. The van der Waals surface area contributed by atoms with Crippen LogP contribution in [0.4, 0.5) is 16.7 Å². The average molecular weight is 763 g/mol. The molecule has 57 heavy (non-hydrogen) atoms. The summed E-state index contributed by atoms with van der Waals surface area (Å²) in [4.78, 5) is 60.1. The molecule has 0 aliphatic carbocycles. The monoisotopic (exact) mass is 762 g/mol. The zero-order valence-corrected chi connectivity index (χ0v) is 31.2. The van der Waals surface area contributed by atoms with E-state index in [-0.39, 0.29) is 31.3 Å². The lowest BCUT2D eigenvalue weighted by molar-refractivity contribution is -0.0416. The Morgan fingerprint density at radius 3 is 1.58 bits per heavy atom. The Morgan fingerprint density at radius 2 is 1.07 bits per heavy atom. The van der Waals surface area contributed by atoms with E-state index in [9.17, 15) is 24.6 Å². The third kappa shape index (κ3) is 7.97. The predicted molar refractivity (Wildman–Crippen MR) is 217 cm³/mol. The maximum atomic E-state index is 15.0. The highest BCUT2D eigenvalue weighted by atomic mass is 16.3. The van der Waals surface area contributed by atoms with Crippen LogP contribution >= 0.6 is 0 Å². The highest BCUT2D eigenvalue weighted by Gasteiger charge is 2.45. The molecule has 1 fully saturated rings. The average Bonchev–Trinajstić information content (AvgIpc) is 3.83. The lowest BCUT2D eigenvalue weighted by atomic mass is 9.92. The van der Waals surface area contributed by atoms with Gasteiger partial charge in [-0.15, -0.1) is 0 Å². The summed E-state index contributed by atoms with van der Waals surface area (Å²) in [5.41, 5.74) is 5.94. The minimum absolute atomic E-state index is 0.0404. The van der Waals surface area contributed by atoms with Crippen LogP contribution in [0.5, 0.6) is 0 Å². The number of aromatic amines is 2. The van der Waals surface area contributed by atoms with Crippen molar-refractivity contribution in [2.24, 2.45) is 0 Å². The van der Waals surface area contributed by atoms with E-state index in [1.54, 1.807) is 46.2 Å². The van der Waals surface area contributed by atoms with Crippen LogP contribution in [0, 0.1) is 0 Å². The van der Waals surface area contributed by atoms with Gasteiger partial charge in [0.15, 0.2) is 0 Å². The van der Waals surface area contributed by atoms with E-state index in [1.807, 2.05) is 97.9 Å². The van der Waals surface area contributed by atoms with Gasteiger partial charge in [-0.25, -0.2) is 14.8 Å². The molecule has 1 aliphatic rings. The van der Waals surface area contributed by atoms with Gasteiger partial charge in [0.05, 0.1) is 34.2 Å². The largest absolute Gasteiger partial charge is 0.388 e. The van der Waals surface area contributed by atoms with Crippen molar-refractivity contribution in [2.75, 3.05) is 10.6 Å². The fourth-order valence-corrected chi connectivity index (χ4v) is 7.59. The molecular formula is C44H42N8O5. The van der Waals surface area contributed by atoms with Crippen LogP contribution in [0.25, 0.3) is 22.1 Å². The van der Waals surface area contributed by atoms with Crippen molar-refractivity contribution in [3.05, 3.63) is 155 Å². The second kappa shape index (κ2) is 16.1. The van der Waals surface area contributed by atoms with E-state index >= 15 is 0 Å². The van der Waals surface area contributed by atoms with E-state index in [1.165, 1.54) is 0 Å². The van der Waals surface area contributed by atoms with E-state index in [4.69, 9.17) is 0 Å². The van der Waals surface area contributed by atoms with Gasteiger partial charge >= 0.3 is 6.03 Å². The first kappa shape index (κ1) is 37.1. The van der Waals surface area contributed by atoms with Crippen LogP contribution in [0.2, 0.25) is 0 Å². The molecule has 0 spiro atoms. The van der Waals surface area contributed by atoms with Gasteiger partial charge in [-0.05, 0) is 78.1 Å². The number of imidazole rings is 2. The number of para-hydroxylation sites is 4. The summed E-state index contributed by atoms with van der Waals surface area (Å²) < 4.78 is 0. The molecule has 4 amide bonds. The van der Waals surface area contributed by atoms with Crippen LogP contribution in [-0.2, 0) is 19.5 Å². The van der Waals surface area contributed by atoms with Crippen molar-refractivity contribution >= 4 is 51.8 Å². The second-order valence-electron chi connectivity index (χ2n) is 14.3. The molecule has 1 saturated heterocycles. The van der Waals surface area contributed by atoms with Crippen LogP contribution < -0.4 is 10.6 Å². The fraction of sp³-hybridized carbons (Fsp3) is 0.205. The van der Waals surface area contributed by atoms with Gasteiger partial charge in [-0.1, -0.05) is 85.8 Å².